The van der Waals surface area contributed by atoms with Crippen molar-refractivity contribution in [3.63, 3.8) is 0 Å². The summed E-state index contributed by atoms with van der Waals surface area (Å²) in [6.07, 6.45) is 0. The highest BCUT2D eigenvalue weighted by Gasteiger charge is 1.96. The molecule has 0 amide bonds. The van der Waals surface area contributed by atoms with Crippen molar-refractivity contribution < 1.29 is 0 Å². The molecule has 0 aliphatic carbocycles. The second kappa shape index (κ2) is 3.88. The molecule has 0 aliphatic heterocycles. The Balaban J connectivity index is 2.86. The fraction of sp³-hybridized carbons (Fsp3) is 0.111. The summed E-state index contributed by atoms with van der Waals surface area (Å²) in [6, 6.07) is 8.20. The second-order valence-electron chi connectivity index (χ2n) is 2.26. The van der Waals surface area contributed by atoms with Crippen LogP contribution in [-0.2, 0) is 0 Å². The Morgan fingerprint density at radius 2 is 2.09 bits per heavy atom. The van der Waals surface area contributed by atoms with Crippen molar-refractivity contribution in [2.75, 3.05) is 0 Å². The molecule has 0 aliphatic rings. The van der Waals surface area contributed by atoms with Crippen LogP contribution in [0.15, 0.2) is 40.0 Å². The van der Waals surface area contributed by atoms with Crippen molar-refractivity contribution >= 4 is 24.4 Å². The normalized spacial score (nSPS) is 9.64. The topological polar surface area (TPSA) is 0 Å². The van der Waals surface area contributed by atoms with Crippen molar-refractivity contribution in [2.24, 2.45) is 0 Å². The van der Waals surface area contributed by atoms with Crippen LogP contribution in [0.3, 0.4) is 0 Å². The van der Waals surface area contributed by atoms with E-state index in [1.807, 2.05) is 12.1 Å². The molecule has 0 heterocycles. The van der Waals surface area contributed by atoms with Crippen LogP contribution in [0.25, 0.3) is 0 Å². The lowest BCUT2D eigenvalue weighted by Crippen LogP contribution is -1.75. The predicted molar refractivity (Wildman–Crippen MR) is 55.2 cm³/mol. The SMILES string of the molecule is C=C(S)Sc1ccccc1C. The maximum Gasteiger partial charge on any atom is 0.0347 e. The van der Waals surface area contributed by atoms with E-state index in [0.29, 0.717) is 0 Å². The number of thioether (sulfide) groups is 1. The molecule has 0 N–H and O–H groups in total. The van der Waals surface area contributed by atoms with Gasteiger partial charge in [-0.25, -0.2) is 0 Å². The highest BCUT2D eigenvalue weighted by atomic mass is 32.2. The maximum atomic E-state index is 4.13. The fourth-order valence-electron chi connectivity index (χ4n) is 0.798. The van der Waals surface area contributed by atoms with Gasteiger partial charge in [-0.3, -0.25) is 0 Å². The van der Waals surface area contributed by atoms with E-state index in [9.17, 15) is 0 Å². The number of rotatable bonds is 2. The molecule has 11 heavy (non-hydrogen) atoms. The molecule has 58 valence electrons. The van der Waals surface area contributed by atoms with Crippen molar-refractivity contribution in [2.45, 2.75) is 11.8 Å². The average Bonchev–Trinajstić information content (AvgIpc) is 1.93. The van der Waals surface area contributed by atoms with Gasteiger partial charge in [0.2, 0.25) is 0 Å². The molecule has 1 aromatic carbocycles. The van der Waals surface area contributed by atoms with Gasteiger partial charge in [-0.1, -0.05) is 36.5 Å². The van der Waals surface area contributed by atoms with Crippen LogP contribution in [0.2, 0.25) is 0 Å². The van der Waals surface area contributed by atoms with Crippen molar-refractivity contribution in [3.8, 4) is 0 Å². The highest BCUT2D eigenvalue weighted by Crippen LogP contribution is 2.29. The largest absolute Gasteiger partial charge is 0.137 e. The first-order valence-electron chi connectivity index (χ1n) is 3.31. The minimum Gasteiger partial charge on any atom is -0.137 e. The molecule has 0 unspecified atom stereocenters. The monoisotopic (exact) mass is 182 g/mol. The number of hydrogen-bond acceptors (Lipinski definition) is 2. The van der Waals surface area contributed by atoms with E-state index in [2.05, 4.69) is 38.3 Å². The maximum absolute atomic E-state index is 4.13. The Morgan fingerprint density at radius 3 is 2.64 bits per heavy atom. The van der Waals surface area contributed by atoms with Gasteiger partial charge in [0, 0.05) is 9.13 Å². The third-order valence-corrected chi connectivity index (χ3v) is 2.51. The smallest absolute Gasteiger partial charge is 0.0347 e. The van der Waals surface area contributed by atoms with Gasteiger partial charge in [-0.05, 0) is 18.6 Å². The third-order valence-electron chi connectivity index (χ3n) is 1.32. The van der Waals surface area contributed by atoms with Crippen molar-refractivity contribution in [3.05, 3.63) is 40.6 Å². The fourth-order valence-corrected chi connectivity index (χ4v) is 1.72. The summed E-state index contributed by atoms with van der Waals surface area (Å²) < 4.78 is 0.833. The molecular formula is C9H10S2. The Labute approximate surface area is 77.1 Å². The second-order valence-corrected chi connectivity index (χ2v) is 4.24. The lowest BCUT2D eigenvalue weighted by Gasteiger charge is -2.02. The van der Waals surface area contributed by atoms with Gasteiger partial charge >= 0.3 is 0 Å². The Morgan fingerprint density at radius 1 is 1.45 bits per heavy atom. The van der Waals surface area contributed by atoms with Gasteiger partial charge in [0.05, 0.1) is 0 Å². The van der Waals surface area contributed by atoms with Crippen LogP contribution < -0.4 is 0 Å². The summed E-state index contributed by atoms with van der Waals surface area (Å²) in [5.41, 5.74) is 1.27. The van der Waals surface area contributed by atoms with E-state index in [1.165, 1.54) is 10.5 Å². The zero-order valence-corrected chi connectivity index (χ0v) is 8.08. The molecule has 0 saturated heterocycles. The minimum atomic E-state index is 0.833. The minimum absolute atomic E-state index is 0.833. The van der Waals surface area contributed by atoms with Gasteiger partial charge in [0.15, 0.2) is 0 Å². The predicted octanol–water partition coefficient (Wildman–Crippen LogP) is 3.49. The summed E-state index contributed by atoms with van der Waals surface area (Å²) in [5, 5.41) is 0. The first-order chi connectivity index (χ1) is 5.20. The Hall–Kier alpha value is -0.340. The van der Waals surface area contributed by atoms with E-state index in [1.54, 1.807) is 11.8 Å². The van der Waals surface area contributed by atoms with Crippen LogP contribution in [0.5, 0.6) is 0 Å². The molecule has 0 radical (unpaired) electrons. The van der Waals surface area contributed by atoms with Gasteiger partial charge in [0.1, 0.15) is 0 Å². The van der Waals surface area contributed by atoms with E-state index in [-0.39, 0.29) is 0 Å². The Bertz CT molecular complexity index is 266. The molecule has 0 bridgehead atoms. The van der Waals surface area contributed by atoms with E-state index < -0.39 is 0 Å². The number of aryl methyl sites for hydroxylation is 1. The van der Waals surface area contributed by atoms with Gasteiger partial charge in [0.25, 0.3) is 0 Å². The average molecular weight is 182 g/mol. The van der Waals surface area contributed by atoms with Crippen LogP contribution in [0.4, 0.5) is 0 Å². The molecule has 0 aromatic heterocycles. The van der Waals surface area contributed by atoms with Crippen molar-refractivity contribution in [1.82, 2.24) is 0 Å². The van der Waals surface area contributed by atoms with Crippen LogP contribution in [-0.4, -0.2) is 0 Å². The number of thiol groups is 1. The van der Waals surface area contributed by atoms with E-state index in [4.69, 9.17) is 0 Å². The molecule has 1 rings (SSSR count). The summed E-state index contributed by atoms with van der Waals surface area (Å²) in [5.74, 6) is 0. The molecule has 0 nitrogen and oxygen atoms in total. The number of hydrogen-bond donors (Lipinski definition) is 1. The standard InChI is InChI=1S/C9H10S2/c1-7-5-3-4-6-9(7)11-8(2)10/h3-6,10H,2H2,1H3. The third kappa shape index (κ3) is 2.64. The lowest BCUT2D eigenvalue weighted by molar-refractivity contribution is 1.31. The van der Waals surface area contributed by atoms with E-state index in [0.717, 1.165) is 4.24 Å². The van der Waals surface area contributed by atoms with Gasteiger partial charge in [-0.15, -0.1) is 12.6 Å². The first-order valence-corrected chi connectivity index (χ1v) is 4.58. The van der Waals surface area contributed by atoms with Crippen molar-refractivity contribution in [1.29, 1.82) is 0 Å². The molecule has 2 heteroatoms. The summed E-state index contributed by atoms with van der Waals surface area (Å²) in [7, 11) is 0. The van der Waals surface area contributed by atoms with Crippen LogP contribution in [0, 0.1) is 6.92 Å². The molecule has 0 fully saturated rings. The lowest BCUT2D eigenvalue weighted by atomic mass is 10.2. The zero-order valence-electron chi connectivity index (χ0n) is 6.37. The van der Waals surface area contributed by atoms with Gasteiger partial charge in [-0.2, -0.15) is 0 Å². The molecule has 0 spiro atoms. The first kappa shape index (κ1) is 8.75. The van der Waals surface area contributed by atoms with E-state index >= 15 is 0 Å². The molecule has 0 atom stereocenters. The molecule has 0 saturated carbocycles. The zero-order chi connectivity index (χ0) is 8.27. The quantitative estimate of drug-likeness (QED) is 0.539. The van der Waals surface area contributed by atoms with Crippen LogP contribution >= 0.6 is 24.4 Å². The number of benzene rings is 1. The Kier molecular flexibility index (Phi) is 3.09. The summed E-state index contributed by atoms with van der Waals surface area (Å²) in [4.78, 5) is 1.23. The molecular weight excluding hydrogens is 172 g/mol. The molecule has 1 aromatic rings. The van der Waals surface area contributed by atoms with Gasteiger partial charge < -0.3 is 0 Å². The highest BCUT2D eigenvalue weighted by molar-refractivity contribution is 8.15. The summed E-state index contributed by atoms with van der Waals surface area (Å²) >= 11 is 5.72. The van der Waals surface area contributed by atoms with Crippen LogP contribution in [0.1, 0.15) is 5.56 Å². The summed E-state index contributed by atoms with van der Waals surface area (Å²) in [6.45, 7) is 5.80.